The first-order chi connectivity index (χ1) is 15.6. The fourth-order valence-electron chi connectivity index (χ4n) is 4.27. The molecule has 0 N–H and O–H groups in total. The van der Waals surface area contributed by atoms with E-state index in [0.717, 1.165) is 0 Å². The van der Waals surface area contributed by atoms with Crippen molar-refractivity contribution in [1.82, 2.24) is 0 Å². The van der Waals surface area contributed by atoms with Gasteiger partial charge in [0.15, 0.2) is 17.3 Å². The van der Waals surface area contributed by atoms with E-state index in [1.54, 1.807) is 37.3 Å². The summed E-state index contributed by atoms with van der Waals surface area (Å²) in [7, 11) is 4.53. The van der Waals surface area contributed by atoms with Crippen LogP contribution in [-0.4, -0.2) is 46.3 Å². The van der Waals surface area contributed by atoms with Crippen LogP contribution in [0.2, 0.25) is 0 Å². The van der Waals surface area contributed by atoms with Gasteiger partial charge >= 0.3 is 5.97 Å². The van der Waals surface area contributed by atoms with E-state index in [-0.39, 0.29) is 19.0 Å². The molecule has 0 fully saturated rings. The molecule has 0 saturated carbocycles. The summed E-state index contributed by atoms with van der Waals surface area (Å²) >= 11 is 0. The quantitative estimate of drug-likeness (QED) is 0.635. The van der Waals surface area contributed by atoms with Crippen molar-refractivity contribution in [2.24, 2.45) is 0 Å². The van der Waals surface area contributed by atoms with Crippen molar-refractivity contribution in [2.45, 2.75) is 12.8 Å². The zero-order chi connectivity index (χ0) is 22.8. The molecular formula is C25H24O7. The van der Waals surface area contributed by atoms with Gasteiger partial charge in [-0.1, -0.05) is 30.3 Å². The third-order valence-corrected chi connectivity index (χ3v) is 5.59. The van der Waals surface area contributed by atoms with Crippen LogP contribution in [-0.2, 0) is 14.3 Å². The molecule has 0 unspecified atom stereocenters. The first kappa shape index (κ1) is 21.5. The largest absolute Gasteiger partial charge is 0.493 e. The number of esters is 1. The molecule has 1 atom stereocenters. The lowest BCUT2D eigenvalue weighted by atomic mass is 9.82. The number of allylic oxidation sites excluding steroid dienone is 1. The molecule has 0 radical (unpaired) electrons. The van der Waals surface area contributed by atoms with Crippen molar-refractivity contribution in [3.05, 3.63) is 70.3 Å². The zero-order valence-electron chi connectivity index (χ0n) is 18.4. The van der Waals surface area contributed by atoms with E-state index in [9.17, 15) is 9.59 Å². The van der Waals surface area contributed by atoms with Gasteiger partial charge in [-0.25, -0.2) is 4.79 Å². The fraction of sp³-hybridized carbons (Fsp3) is 0.280. The molecule has 0 amide bonds. The van der Waals surface area contributed by atoms with Gasteiger partial charge in [0, 0.05) is 22.3 Å². The molecule has 0 aromatic heterocycles. The standard InChI is InChI=1S/C25H24O7/c1-5-31-25(27)17-12-13-32-22-15-9-7-6-8-14(15)21(26)20(22)19(17)16-10-11-18(28-2)24(30-4)23(16)29-3/h6-12,19H,5,13H2,1-4H3/t19-/m0/s1. The van der Waals surface area contributed by atoms with Crippen LogP contribution in [0.25, 0.3) is 5.76 Å². The van der Waals surface area contributed by atoms with E-state index in [4.69, 9.17) is 23.7 Å². The van der Waals surface area contributed by atoms with Gasteiger partial charge in [-0.3, -0.25) is 4.79 Å². The Balaban J connectivity index is 2.00. The van der Waals surface area contributed by atoms with Gasteiger partial charge in [0.2, 0.25) is 5.75 Å². The van der Waals surface area contributed by atoms with Gasteiger partial charge in [0.1, 0.15) is 12.4 Å². The number of ether oxygens (including phenoxy) is 5. The number of rotatable bonds is 6. The number of ketones is 1. The van der Waals surface area contributed by atoms with E-state index >= 15 is 0 Å². The number of carbonyl (C=O) groups excluding carboxylic acids is 2. The van der Waals surface area contributed by atoms with Gasteiger partial charge in [0.25, 0.3) is 0 Å². The van der Waals surface area contributed by atoms with Gasteiger partial charge in [-0.2, -0.15) is 0 Å². The molecule has 2 aliphatic rings. The molecular weight excluding hydrogens is 412 g/mol. The summed E-state index contributed by atoms with van der Waals surface area (Å²) in [6.07, 6.45) is 1.66. The lowest BCUT2D eigenvalue weighted by molar-refractivity contribution is -0.138. The Morgan fingerprint density at radius 1 is 1.00 bits per heavy atom. The third-order valence-electron chi connectivity index (χ3n) is 5.59. The van der Waals surface area contributed by atoms with Crippen molar-refractivity contribution in [1.29, 1.82) is 0 Å². The Hall–Kier alpha value is -3.74. The molecule has 4 rings (SSSR count). The van der Waals surface area contributed by atoms with Crippen LogP contribution in [0.5, 0.6) is 17.2 Å². The van der Waals surface area contributed by atoms with Gasteiger partial charge < -0.3 is 23.7 Å². The average molecular weight is 436 g/mol. The summed E-state index contributed by atoms with van der Waals surface area (Å²) < 4.78 is 28.0. The lowest BCUT2D eigenvalue weighted by Crippen LogP contribution is -2.20. The van der Waals surface area contributed by atoms with Gasteiger partial charge in [0.05, 0.1) is 39.4 Å². The van der Waals surface area contributed by atoms with Crippen LogP contribution in [0.1, 0.15) is 34.3 Å². The second-order valence-corrected chi connectivity index (χ2v) is 7.17. The SMILES string of the molecule is CCOC(=O)C1=CCOC2=C(C(=O)c3ccccc32)[C@H]1c1ccc(OC)c(OC)c1OC. The molecule has 0 spiro atoms. The number of benzene rings is 2. The molecule has 2 aromatic rings. The minimum atomic E-state index is -0.777. The molecule has 166 valence electrons. The summed E-state index contributed by atoms with van der Waals surface area (Å²) in [4.78, 5) is 26.6. The number of hydrogen-bond acceptors (Lipinski definition) is 7. The van der Waals surface area contributed by atoms with Crippen molar-refractivity contribution < 1.29 is 33.3 Å². The summed E-state index contributed by atoms with van der Waals surface area (Å²) in [6.45, 7) is 2.06. The van der Waals surface area contributed by atoms with Crippen LogP contribution in [0.4, 0.5) is 0 Å². The summed E-state index contributed by atoms with van der Waals surface area (Å²) in [5, 5.41) is 0. The lowest BCUT2D eigenvalue weighted by Gasteiger charge is -2.24. The van der Waals surface area contributed by atoms with Crippen LogP contribution in [0.15, 0.2) is 53.6 Å². The number of Topliss-reactive ketones (excluding diaryl/α,β-unsaturated/α-hetero) is 1. The van der Waals surface area contributed by atoms with Crippen LogP contribution < -0.4 is 14.2 Å². The summed E-state index contributed by atoms with van der Waals surface area (Å²) in [5.74, 6) is 0.166. The minimum absolute atomic E-state index is 0.126. The van der Waals surface area contributed by atoms with Crippen LogP contribution in [0, 0.1) is 0 Å². The van der Waals surface area contributed by atoms with E-state index in [1.165, 1.54) is 21.3 Å². The highest BCUT2D eigenvalue weighted by molar-refractivity contribution is 6.21. The molecule has 32 heavy (non-hydrogen) atoms. The monoisotopic (exact) mass is 436 g/mol. The third kappa shape index (κ3) is 3.30. The molecule has 7 heteroatoms. The van der Waals surface area contributed by atoms with Crippen molar-refractivity contribution in [3.63, 3.8) is 0 Å². The van der Waals surface area contributed by atoms with Crippen molar-refractivity contribution in [3.8, 4) is 17.2 Å². The van der Waals surface area contributed by atoms with E-state index in [0.29, 0.717) is 50.8 Å². The topological polar surface area (TPSA) is 80.3 Å². The maximum atomic E-state index is 13.6. The zero-order valence-corrected chi connectivity index (χ0v) is 18.4. The van der Waals surface area contributed by atoms with Gasteiger partial charge in [-0.15, -0.1) is 0 Å². The Morgan fingerprint density at radius 2 is 1.72 bits per heavy atom. The normalized spacial score (nSPS) is 16.9. The highest BCUT2D eigenvalue weighted by Gasteiger charge is 2.43. The minimum Gasteiger partial charge on any atom is -0.493 e. The first-order valence-electron chi connectivity index (χ1n) is 10.2. The Morgan fingerprint density at radius 3 is 2.38 bits per heavy atom. The van der Waals surface area contributed by atoms with E-state index < -0.39 is 11.9 Å². The van der Waals surface area contributed by atoms with Crippen LogP contribution >= 0.6 is 0 Å². The molecule has 1 aliphatic heterocycles. The molecule has 2 aromatic carbocycles. The second kappa shape index (κ2) is 8.78. The smallest absolute Gasteiger partial charge is 0.334 e. The molecule has 1 heterocycles. The number of hydrogen-bond donors (Lipinski definition) is 0. The molecule has 1 aliphatic carbocycles. The number of methoxy groups -OCH3 is 3. The predicted octanol–water partition coefficient (Wildman–Crippen LogP) is 3.92. The summed E-state index contributed by atoms with van der Waals surface area (Å²) in [6, 6.07) is 10.7. The number of carbonyl (C=O) groups is 2. The Labute approximate surface area is 186 Å². The second-order valence-electron chi connectivity index (χ2n) is 7.17. The maximum Gasteiger partial charge on any atom is 0.334 e. The highest BCUT2D eigenvalue weighted by atomic mass is 16.5. The van der Waals surface area contributed by atoms with Crippen molar-refractivity contribution >= 4 is 17.5 Å². The number of fused-ring (bicyclic) bond motifs is 2. The fourth-order valence-corrected chi connectivity index (χ4v) is 4.27. The molecule has 0 saturated heterocycles. The van der Waals surface area contributed by atoms with Gasteiger partial charge in [-0.05, 0) is 19.1 Å². The van der Waals surface area contributed by atoms with Crippen molar-refractivity contribution in [2.75, 3.05) is 34.5 Å². The Kier molecular flexibility index (Phi) is 5.90. The first-order valence-corrected chi connectivity index (χ1v) is 10.2. The average Bonchev–Trinajstić information content (AvgIpc) is 2.97. The van der Waals surface area contributed by atoms with Crippen LogP contribution in [0.3, 0.4) is 0 Å². The summed E-state index contributed by atoms with van der Waals surface area (Å²) in [5.41, 5.74) is 2.49. The predicted molar refractivity (Wildman–Crippen MR) is 117 cm³/mol. The van der Waals surface area contributed by atoms with E-state index in [1.807, 2.05) is 12.1 Å². The maximum absolute atomic E-state index is 13.6. The highest BCUT2D eigenvalue weighted by Crippen LogP contribution is 2.51. The Bertz CT molecular complexity index is 1140. The van der Waals surface area contributed by atoms with E-state index in [2.05, 4.69) is 0 Å². The molecule has 7 nitrogen and oxygen atoms in total. The molecule has 0 bridgehead atoms.